The van der Waals surface area contributed by atoms with E-state index in [0.717, 1.165) is 18.4 Å². The summed E-state index contributed by atoms with van der Waals surface area (Å²) in [6.07, 6.45) is 2.99. The first-order chi connectivity index (χ1) is 14.6. The SMILES string of the molecule is O=C(NCc1ccccc1)[C@H]1CCCN1c1nc2c(=O)[nH]c(C3(CF)CC3)nc2s1. The van der Waals surface area contributed by atoms with Gasteiger partial charge in [-0.15, -0.1) is 0 Å². The van der Waals surface area contributed by atoms with Gasteiger partial charge < -0.3 is 15.2 Å². The summed E-state index contributed by atoms with van der Waals surface area (Å²) in [5.41, 5.74) is 0.316. The fourth-order valence-corrected chi connectivity index (χ4v) is 4.97. The van der Waals surface area contributed by atoms with Crippen molar-refractivity contribution in [2.45, 2.75) is 43.7 Å². The number of anilines is 1. The first-order valence-electron chi connectivity index (χ1n) is 10.2. The summed E-state index contributed by atoms with van der Waals surface area (Å²) < 4.78 is 13.4. The van der Waals surface area contributed by atoms with Gasteiger partial charge in [0, 0.05) is 13.1 Å². The molecule has 1 saturated heterocycles. The molecule has 7 nitrogen and oxygen atoms in total. The first-order valence-corrected chi connectivity index (χ1v) is 11.0. The number of thiazole rings is 1. The fourth-order valence-electron chi connectivity index (χ4n) is 3.95. The highest BCUT2D eigenvalue weighted by Crippen LogP contribution is 2.47. The van der Waals surface area contributed by atoms with Gasteiger partial charge >= 0.3 is 0 Å². The molecule has 0 spiro atoms. The van der Waals surface area contributed by atoms with Crippen LogP contribution in [0.25, 0.3) is 10.3 Å². The number of carbonyl (C=O) groups excluding carboxylic acids is 1. The number of H-pyrrole nitrogens is 1. The van der Waals surface area contributed by atoms with E-state index in [9.17, 15) is 14.0 Å². The number of benzene rings is 1. The number of alkyl halides is 1. The van der Waals surface area contributed by atoms with Gasteiger partial charge in [0.15, 0.2) is 15.5 Å². The van der Waals surface area contributed by atoms with Crippen LogP contribution in [0.4, 0.5) is 9.52 Å². The Morgan fingerprint density at radius 2 is 2.10 bits per heavy atom. The van der Waals surface area contributed by atoms with Crippen molar-refractivity contribution in [3.8, 4) is 0 Å². The summed E-state index contributed by atoms with van der Waals surface area (Å²) in [5.74, 6) is 0.365. The van der Waals surface area contributed by atoms with Gasteiger partial charge in [0.2, 0.25) is 5.91 Å². The number of halogens is 1. The molecule has 3 aromatic rings. The lowest BCUT2D eigenvalue weighted by Gasteiger charge is -2.23. The zero-order valence-corrected chi connectivity index (χ0v) is 17.2. The number of fused-ring (bicyclic) bond motifs is 1. The van der Waals surface area contributed by atoms with E-state index in [0.29, 0.717) is 41.7 Å². The second kappa shape index (κ2) is 7.46. The molecule has 0 bridgehead atoms. The summed E-state index contributed by atoms with van der Waals surface area (Å²) in [4.78, 5) is 39.5. The maximum Gasteiger partial charge on any atom is 0.278 e. The zero-order chi connectivity index (χ0) is 20.7. The normalized spacial score (nSPS) is 19.9. The molecule has 0 radical (unpaired) electrons. The Kier molecular flexibility index (Phi) is 4.77. The Balaban J connectivity index is 1.38. The van der Waals surface area contributed by atoms with Crippen molar-refractivity contribution in [1.29, 1.82) is 0 Å². The molecule has 1 atom stereocenters. The molecule has 1 aliphatic heterocycles. The van der Waals surface area contributed by atoms with E-state index >= 15 is 0 Å². The van der Waals surface area contributed by atoms with Gasteiger partial charge in [0.1, 0.15) is 18.5 Å². The monoisotopic (exact) mass is 427 g/mol. The highest BCUT2D eigenvalue weighted by atomic mass is 32.1. The topological polar surface area (TPSA) is 91.0 Å². The van der Waals surface area contributed by atoms with Crippen molar-refractivity contribution < 1.29 is 9.18 Å². The summed E-state index contributed by atoms with van der Waals surface area (Å²) in [7, 11) is 0. The maximum absolute atomic E-state index is 13.4. The van der Waals surface area contributed by atoms with E-state index in [1.807, 2.05) is 35.2 Å². The Hall–Kier alpha value is -2.81. The molecule has 156 valence electrons. The van der Waals surface area contributed by atoms with Crippen LogP contribution in [-0.2, 0) is 16.8 Å². The van der Waals surface area contributed by atoms with Crippen LogP contribution < -0.4 is 15.8 Å². The van der Waals surface area contributed by atoms with Gasteiger partial charge in [-0.25, -0.2) is 14.4 Å². The molecule has 9 heteroatoms. The van der Waals surface area contributed by atoms with Crippen molar-refractivity contribution in [2.24, 2.45) is 0 Å². The number of nitrogens with zero attached hydrogens (tertiary/aromatic N) is 3. The average molecular weight is 428 g/mol. The van der Waals surface area contributed by atoms with Gasteiger partial charge in [0.25, 0.3) is 5.56 Å². The van der Waals surface area contributed by atoms with Crippen LogP contribution in [0.3, 0.4) is 0 Å². The van der Waals surface area contributed by atoms with Crippen molar-refractivity contribution >= 4 is 32.7 Å². The van der Waals surface area contributed by atoms with Crippen molar-refractivity contribution in [2.75, 3.05) is 18.1 Å². The van der Waals surface area contributed by atoms with E-state index in [-0.39, 0.29) is 23.0 Å². The van der Waals surface area contributed by atoms with Gasteiger partial charge in [0.05, 0.1) is 5.41 Å². The van der Waals surface area contributed by atoms with Crippen LogP contribution in [0.1, 0.15) is 37.1 Å². The smallest absolute Gasteiger partial charge is 0.278 e. The molecule has 1 aromatic carbocycles. The molecule has 5 rings (SSSR count). The molecule has 2 fully saturated rings. The lowest BCUT2D eigenvalue weighted by atomic mass is 10.1. The predicted octanol–water partition coefficient (Wildman–Crippen LogP) is 2.67. The molecule has 3 heterocycles. The molecule has 1 amide bonds. The molecule has 0 unspecified atom stereocenters. The van der Waals surface area contributed by atoms with E-state index in [1.165, 1.54) is 11.3 Å². The van der Waals surface area contributed by atoms with Gasteiger partial charge in [-0.3, -0.25) is 9.59 Å². The molecule has 2 aromatic heterocycles. The molecule has 2 aliphatic rings. The Bertz CT molecular complexity index is 1140. The summed E-state index contributed by atoms with van der Waals surface area (Å²) in [6, 6.07) is 9.44. The highest BCUT2D eigenvalue weighted by molar-refractivity contribution is 7.21. The first kappa shape index (κ1) is 19.2. The molecule has 1 saturated carbocycles. The largest absolute Gasteiger partial charge is 0.350 e. The summed E-state index contributed by atoms with van der Waals surface area (Å²) in [5, 5.41) is 3.62. The predicted molar refractivity (Wildman–Crippen MR) is 114 cm³/mol. The number of hydrogen-bond acceptors (Lipinski definition) is 6. The lowest BCUT2D eigenvalue weighted by Crippen LogP contribution is -2.43. The number of rotatable bonds is 6. The fraction of sp³-hybridized carbons (Fsp3) is 0.429. The van der Waals surface area contributed by atoms with Crippen LogP contribution in [0.2, 0.25) is 0 Å². The molecule has 1 aliphatic carbocycles. The average Bonchev–Trinajstić information content (AvgIpc) is 3.20. The standard InChI is InChI=1S/C21H22FN5O2S/c22-12-21(8-9-21)19-25-17(29)15-18(26-19)30-20(24-15)27-10-4-7-14(27)16(28)23-11-13-5-2-1-3-6-13/h1-3,5-6,14H,4,7-12H2,(H,23,28)(H,25,26,29)/t14-/m1/s1. The number of nitrogens with one attached hydrogen (secondary N) is 2. The van der Waals surface area contributed by atoms with Crippen molar-refractivity contribution in [1.82, 2.24) is 20.3 Å². The minimum Gasteiger partial charge on any atom is -0.350 e. The number of amides is 1. The molecular weight excluding hydrogens is 405 g/mol. The van der Waals surface area contributed by atoms with Crippen LogP contribution in [-0.4, -0.2) is 40.1 Å². The van der Waals surface area contributed by atoms with Crippen LogP contribution in [0.5, 0.6) is 0 Å². The van der Waals surface area contributed by atoms with E-state index in [4.69, 9.17) is 0 Å². The Morgan fingerprint density at radius 3 is 2.83 bits per heavy atom. The van der Waals surface area contributed by atoms with Crippen LogP contribution >= 0.6 is 11.3 Å². The third-order valence-corrected chi connectivity index (χ3v) is 6.97. The number of aromatic nitrogens is 3. The minimum absolute atomic E-state index is 0.0486. The van der Waals surface area contributed by atoms with Crippen molar-refractivity contribution in [3.05, 3.63) is 52.1 Å². The van der Waals surface area contributed by atoms with Gasteiger partial charge in [-0.2, -0.15) is 0 Å². The number of hydrogen-bond donors (Lipinski definition) is 2. The second-order valence-corrected chi connectivity index (χ2v) is 8.99. The van der Waals surface area contributed by atoms with Crippen LogP contribution in [0, 0.1) is 0 Å². The van der Waals surface area contributed by atoms with Crippen LogP contribution in [0.15, 0.2) is 35.1 Å². The lowest BCUT2D eigenvalue weighted by molar-refractivity contribution is -0.122. The van der Waals surface area contributed by atoms with E-state index in [2.05, 4.69) is 20.3 Å². The molecular formula is C21H22FN5O2S. The van der Waals surface area contributed by atoms with Crippen molar-refractivity contribution in [3.63, 3.8) is 0 Å². The summed E-state index contributed by atoms with van der Waals surface area (Å²) >= 11 is 1.29. The second-order valence-electron chi connectivity index (χ2n) is 8.03. The summed E-state index contributed by atoms with van der Waals surface area (Å²) in [6.45, 7) is 0.644. The Morgan fingerprint density at radius 1 is 1.30 bits per heavy atom. The van der Waals surface area contributed by atoms with Gasteiger partial charge in [-0.05, 0) is 31.2 Å². The van der Waals surface area contributed by atoms with Gasteiger partial charge in [-0.1, -0.05) is 41.7 Å². The zero-order valence-electron chi connectivity index (χ0n) is 16.4. The molecule has 30 heavy (non-hydrogen) atoms. The highest BCUT2D eigenvalue weighted by Gasteiger charge is 2.47. The molecule has 2 N–H and O–H groups in total. The third-order valence-electron chi connectivity index (χ3n) is 5.98. The Labute approximate surface area is 176 Å². The van der Waals surface area contributed by atoms with E-state index in [1.54, 1.807) is 0 Å². The quantitative estimate of drug-likeness (QED) is 0.631. The maximum atomic E-state index is 13.4. The number of carbonyl (C=O) groups is 1. The third kappa shape index (κ3) is 3.36. The van der Waals surface area contributed by atoms with E-state index < -0.39 is 12.1 Å². The number of aromatic amines is 1. The minimum atomic E-state index is -0.634.